The van der Waals surface area contributed by atoms with Crippen molar-refractivity contribution in [2.75, 3.05) is 0 Å². The predicted molar refractivity (Wildman–Crippen MR) is 70.0 cm³/mol. The number of Topliss-reactive ketones (excluding diaryl/α,β-unsaturated/α-hetero) is 2. The molecular weight excluding hydrogens is 252 g/mol. The molecule has 0 atom stereocenters. The molecule has 0 saturated heterocycles. The minimum Gasteiger partial charge on any atom is -0.285 e. The van der Waals surface area contributed by atoms with Gasteiger partial charge < -0.3 is 0 Å². The van der Waals surface area contributed by atoms with E-state index in [4.69, 9.17) is 10.5 Å². The van der Waals surface area contributed by atoms with E-state index in [1.54, 1.807) is 12.1 Å². The Labute approximate surface area is 114 Å². The molecule has 1 aliphatic rings. The standard InChI is InChI=1S/C16H6N2O2/c17-7-9-1-3-11-13(5-9)14-6-10(8-18)2-4-12(14)16(20)15(11)19/h1-6H. The van der Waals surface area contributed by atoms with Crippen molar-refractivity contribution >= 4 is 11.6 Å². The molecule has 0 saturated carbocycles. The van der Waals surface area contributed by atoms with Crippen molar-refractivity contribution in [1.82, 2.24) is 0 Å². The van der Waals surface area contributed by atoms with Crippen LogP contribution in [0.3, 0.4) is 0 Å². The first-order valence-electron chi connectivity index (χ1n) is 5.83. The Balaban J connectivity index is 2.39. The summed E-state index contributed by atoms with van der Waals surface area (Å²) in [6.07, 6.45) is 0. The van der Waals surface area contributed by atoms with Crippen LogP contribution in [0, 0.1) is 22.7 Å². The quantitative estimate of drug-likeness (QED) is 0.679. The Bertz CT molecular complexity index is 794. The smallest absolute Gasteiger partial charge is 0.234 e. The highest BCUT2D eigenvalue weighted by Gasteiger charge is 2.30. The Kier molecular flexibility index (Phi) is 2.45. The lowest BCUT2D eigenvalue weighted by Crippen LogP contribution is -2.21. The van der Waals surface area contributed by atoms with Crippen LogP contribution < -0.4 is 0 Å². The van der Waals surface area contributed by atoms with Crippen LogP contribution in [0.1, 0.15) is 31.8 Å². The van der Waals surface area contributed by atoms with E-state index >= 15 is 0 Å². The van der Waals surface area contributed by atoms with E-state index in [0.29, 0.717) is 22.3 Å². The summed E-state index contributed by atoms with van der Waals surface area (Å²) < 4.78 is 0. The van der Waals surface area contributed by atoms with Crippen LogP contribution in [0.25, 0.3) is 11.1 Å². The number of fused-ring (bicyclic) bond motifs is 3. The third-order valence-electron chi connectivity index (χ3n) is 3.28. The lowest BCUT2D eigenvalue weighted by atomic mass is 9.82. The van der Waals surface area contributed by atoms with E-state index in [-0.39, 0.29) is 11.1 Å². The highest BCUT2D eigenvalue weighted by atomic mass is 16.2. The average molecular weight is 258 g/mol. The zero-order valence-electron chi connectivity index (χ0n) is 10.2. The number of nitrogens with zero attached hydrogens (tertiary/aromatic N) is 2. The van der Waals surface area contributed by atoms with E-state index in [1.165, 1.54) is 24.3 Å². The van der Waals surface area contributed by atoms with Crippen LogP contribution in [0.4, 0.5) is 0 Å². The first-order chi connectivity index (χ1) is 9.65. The van der Waals surface area contributed by atoms with Crippen LogP contribution in [0.5, 0.6) is 0 Å². The topological polar surface area (TPSA) is 81.7 Å². The van der Waals surface area contributed by atoms with E-state index in [1.807, 2.05) is 12.1 Å². The summed E-state index contributed by atoms with van der Waals surface area (Å²) in [4.78, 5) is 24.1. The van der Waals surface area contributed by atoms with Crippen molar-refractivity contribution in [2.24, 2.45) is 0 Å². The third kappa shape index (κ3) is 1.53. The van der Waals surface area contributed by atoms with Gasteiger partial charge in [-0.25, -0.2) is 0 Å². The second kappa shape index (κ2) is 4.15. The number of hydrogen-bond donors (Lipinski definition) is 0. The number of rotatable bonds is 0. The maximum absolute atomic E-state index is 12.0. The predicted octanol–water partition coefficient (Wildman–Crippen LogP) is 2.48. The molecule has 20 heavy (non-hydrogen) atoms. The summed E-state index contributed by atoms with van der Waals surface area (Å²) in [7, 11) is 0. The molecule has 0 unspecified atom stereocenters. The summed E-state index contributed by atoms with van der Waals surface area (Å²) in [6, 6.07) is 13.1. The molecule has 0 amide bonds. The van der Waals surface area contributed by atoms with Gasteiger partial charge >= 0.3 is 0 Å². The van der Waals surface area contributed by atoms with Gasteiger partial charge in [-0.3, -0.25) is 9.59 Å². The minimum absolute atomic E-state index is 0.275. The number of nitriles is 2. The van der Waals surface area contributed by atoms with Gasteiger partial charge in [-0.2, -0.15) is 10.5 Å². The first-order valence-corrected chi connectivity index (χ1v) is 5.83. The SMILES string of the molecule is N#Cc1ccc2c(c1)-c1cc(C#N)ccc1C(=O)C2=O. The fourth-order valence-electron chi connectivity index (χ4n) is 2.31. The molecule has 0 aromatic heterocycles. The maximum atomic E-state index is 12.0. The molecule has 92 valence electrons. The molecule has 3 rings (SSSR count). The van der Waals surface area contributed by atoms with Gasteiger partial charge in [0.1, 0.15) is 0 Å². The Morgan fingerprint density at radius 2 is 1.05 bits per heavy atom. The molecule has 2 aromatic carbocycles. The molecule has 0 heterocycles. The van der Waals surface area contributed by atoms with Crippen LogP contribution >= 0.6 is 0 Å². The largest absolute Gasteiger partial charge is 0.285 e. The molecule has 0 fully saturated rings. The molecular formula is C16H6N2O2. The second-order valence-electron chi connectivity index (χ2n) is 4.40. The van der Waals surface area contributed by atoms with Gasteiger partial charge in [0.05, 0.1) is 23.3 Å². The van der Waals surface area contributed by atoms with Crippen molar-refractivity contribution in [3.63, 3.8) is 0 Å². The summed E-state index contributed by atoms with van der Waals surface area (Å²) >= 11 is 0. The summed E-state index contributed by atoms with van der Waals surface area (Å²) in [5, 5.41) is 17.9. The number of carbonyl (C=O) groups excluding carboxylic acids is 2. The number of benzene rings is 2. The Morgan fingerprint density at radius 1 is 0.650 bits per heavy atom. The molecule has 1 aliphatic carbocycles. The monoisotopic (exact) mass is 258 g/mol. The molecule has 0 spiro atoms. The summed E-state index contributed by atoms with van der Waals surface area (Å²) in [5.41, 5.74) is 2.41. The van der Waals surface area contributed by atoms with Gasteiger partial charge in [0.25, 0.3) is 0 Å². The number of ketones is 2. The molecule has 2 aromatic rings. The fraction of sp³-hybridized carbons (Fsp3) is 0. The normalized spacial score (nSPS) is 12.1. The van der Waals surface area contributed by atoms with Crippen molar-refractivity contribution in [2.45, 2.75) is 0 Å². The zero-order chi connectivity index (χ0) is 14.3. The summed E-state index contributed by atoms with van der Waals surface area (Å²) in [6.45, 7) is 0. The van der Waals surface area contributed by atoms with Crippen molar-refractivity contribution in [3.8, 4) is 23.3 Å². The van der Waals surface area contributed by atoms with E-state index in [9.17, 15) is 9.59 Å². The average Bonchev–Trinajstić information content (AvgIpc) is 2.51. The fourth-order valence-corrected chi connectivity index (χ4v) is 2.31. The summed E-state index contributed by atoms with van der Waals surface area (Å²) in [5.74, 6) is -1.16. The van der Waals surface area contributed by atoms with Crippen molar-refractivity contribution in [3.05, 3.63) is 58.7 Å². The molecule has 0 bridgehead atoms. The number of carbonyl (C=O) groups is 2. The zero-order valence-corrected chi connectivity index (χ0v) is 10.2. The number of hydrogen-bond acceptors (Lipinski definition) is 4. The van der Waals surface area contributed by atoms with Crippen molar-refractivity contribution in [1.29, 1.82) is 10.5 Å². The maximum Gasteiger partial charge on any atom is 0.234 e. The van der Waals surface area contributed by atoms with Crippen molar-refractivity contribution < 1.29 is 9.59 Å². The lowest BCUT2D eigenvalue weighted by molar-refractivity contribution is 0.0815. The third-order valence-corrected chi connectivity index (χ3v) is 3.28. The molecule has 4 heteroatoms. The second-order valence-corrected chi connectivity index (χ2v) is 4.40. The van der Waals surface area contributed by atoms with Gasteiger partial charge in [-0.15, -0.1) is 0 Å². The van der Waals surface area contributed by atoms with Crippen LogP contribution in [0.2, 0.25) is 0 Å². The molecule has 0 N–H and O–H groups in total. The Morgan fingerprint density at radius 3 is 1.40 bits per heavy atom. The van der Waals surface area contributed by atoms with Gasteiger partial charge in [0.15, 0.2) is 0 Å². The lowest BCUT2D eigenvalue weighted by Gasteiger charge is -2.18. The molecule has 4 nitrogen and oxygen atoms in total. The van der Waals surface area contributed by atoms with E-state index < -0.39 is 11.6 Å². The first kappa shape index (κ1) is 11.8. The highest BCUT2D eigenvalue weighted by Crippen LogP contribution is 2.34. The van der Waals surface area contributed by atoms with Crippen LogP contribution in [0.15, 0.2) is 36.4 Å². The van der Waals surface area contributed by atoms with Crippen LogP contribution in [-0.4, -0.2) is 11.6 Å². The van der Waals surface area contributed by atoms with Crippen LogP contribution in [-0.2, 0) is 0 Å². The molecule has 0 radical (unpaired) electrons. The van der Waals surface area contributed by atoms with E-state index in [0.717, 1.165) is 0 Å². The van der Waals surface area contributed by atoms with Gasteiger partial charge in [-0.1, -0.05) is 0 Å². The minimum atomic E-state index is -0.582. The van der Waals surface area contributed by atoms with Gasteiger partial charge in [-0.05, 0) is 47.5 Å². The Hall–Kier alpha value is -3.24. The highest BCUT2D eigenvalue weighted by molar-refractivity contribution is 6.53. The molecule has 0 aliphatic heterocycles. The van der Waals surface area contributed by atoms with E-state index in [2.05, 4.69) is 0 Å². The van der Waals surface area contributed by atoms with Gasteiger partial charge in [0, 0.05) is 11.1 Å². The van der Waals surface area contributed by atoms with Gasteiger partial charge in [0.2, 0.25) is 11.6 Å².